The Kier molecular flexibility index (Phi) is 5.88. The van der Waals surface area contributed by atoms with Gasteiger partial charge < -0.3 is 15.4 Å². The fourth-order valence-corrected chi connectivity index (χ4v) is 2.67. The molecule has 0 fully saturated rings. The third kappa shape index (κ3) is 4.74. The van der Waals surface area contributed by atoms with Crippen LogP contribution in [0.1, 0.15) is 22.8 Å². The van der Waals surface area contributed by atoms with Gasteiger partial charge in [-0.1, -0.05) is 23.7 Å². The van der Waals surface area contributed by atoms with E-state index in [0.29, 0.717) is 34.6 Å². The molecule has 0 atom stereocenters. The summed E-state index contributed by atoms with van der Waals surface area (Å²) in [5.74, 6) is 0.703. The molecule has 0 radical (unpaired) electrons. The van der Waals surface area contributed by atoms with Crippen molar-refractivity contribution in [1.29, 1.82) is 0 Å². The lowest BCUT2D eigenvalue weighted by atomic mass is 10.2. The molecule has 0 aliphatic rings. The molecule has 0 saturated carbocycles. The fraction of sp³-hybridized carbons (Fsp3) is 0.150. The molecular weight excluding hydrogens is 364 g/mol. The highest BCUT2D eigenvalue weighted by atomic mass is 35.5. The second-order valence-corrected chi connectivity index (χ2v) is 6.20. The topological polar surface area (TPSA) is 76.1 Å². The highest BCUT2D eigenvalue weighted by Crippen LogP contribution is 2.24. The zero-order valence-corrected chi connectivity index (χ0v) is 15.7. The van der Waals surface area contributed by atoms with Crippen molar-refractivity contribution in [3.8, 4) is 5.75 Å². The van der Waals surface area contributed by atoms with Gasteiger partial charge in [0.15, 0.2) is 0 Å². The van der Waals surface area contributed by atoms with E-state index in [2.05, 4.69) is 20.6 Å². The number of aryl methyl sites for hydroxylation is 1. The third-order valence-corrected chi connectivity index (χ3v) is 4.02. The van der Waals surface area contributed by atoms with Crippen LogP contribution in [0.3, 0.4) is 0 Å². The van der Waals surface area contributed by atoms with Crippen molar-refractivity contribution >= 4 is 34.8 Å². The van der Waals surface area contributed by atoms with E-state index in [9.17, 15) is 4.79 Å². The van der Waals surface area contributed by atoms with Gasteiger partial charge in [0, 0.05) is 23.1 Å². The smallest absolute Gasteiger partial charge is 0.258 e. The predicted molar refractivity (Wildman–Crippen MR) is 107 cm³/mol. The largest absolute Gasteiger partial charge is 0.492 e. The summed E-state index contributed by atoms with van der Waals surface area (Å²) in [5, 5.41) is 6.59. The summed E-state index contributed by atoms with van der Waals surface area (Å²) in [6, 6.07) is 12.8. The van der Waals surface area contributed by atoms with Crippen molar-refractivity contribution in [2.24, 2.45) is 0 Å². The molecule has 6 nitrogen and oxygen atoms in total. The SMILES string of the molecule is CCOc1ccccc1NC(=O)c1cnc(Nc2ccc(Cl)cc2C)nc1. The number of halogens is 1. The van der Waals surface area contributed by atoms with Crippen LogP contribution in [0.4, 0.5) is 17.3 Å². The molecule has 0 bridgehead atoms. The van der Waals surface area contributed by atoms with Crippen molar-refractivity contribution in [2.45, 2.75) is 13.8 Å². The van der Waals surface area contributed by atoms with Gasteiger partial charge in [0.05, 0.1) is 17.9 Å². The van der Waals surface area contributed by atoms with Gasteiger partial charge in [-0.2, -0.15) is 0 Å². The maximum absolute atomic E-state index is 12.5. The first kappa shape index (κ1) is 18.7. The maximum atomic E-state index is 12.5. The van der Waals surface area contributed by atoms with Crippen LogP contribution >= 0.6 is 11.6 Å². The summed E-state index contributed by atoms with van der Waals surface area (Å²) in [7, 11) is 0. The van der Waals surface area contributed by atoms with Crippen molar-refractivity contribution in [1.82, 2.24) is 9.97 Å². The van der Waals surface area contributed by atoms with Gasteiger partial charge in [0.25, 0.3) is 5.91 Å². The molecule has 1 amide bonds. The van der Waals surface area contributed by atoms with Gasteiger partial charge >= 0.3 is 0 Å². The van der Waals surface area contributed by atoms with E-state index in [4.69, 9.17) is 16.3 Å². The molecule has 7 heteroatoms. The Morgan fingerprint density at radius 1 is 1.11 bits per heavy atom. The fourth-order valence-electron chi connectivity index (χ4n) is 2.44. The van der Waals surface area contributed by atoms with Crippen molar-refractivity contribution in [2.75, 3.05) is 17.2 Å². The highest BCUT2D eigenvalue weighted by molar-refractivity contribution is 6.30. The first-order chi connectivity index (χ1) is 13.1. The number of hydrogen-bond donors (Lipinski definition) is 2. The van der Waals surface area contributed by atoms with Gasteiger partial charge in [-0.05, 0) is 49.7 Å². The Labute approximate surface area is 162 Å². The summed E-state index contributed by atoms with van der Waals surface area (Å²) >= 11 is 5.96. The highest BCUT2D eigenvalue weighted by Gasteiger charge is 2.11. The normalized spacial score (nSPS) is 10.3. The van der Waals surface area contributed by atoms with E-state index in [-0.39, 0.29) is 5.91 Å². The minimum absolute atomic E-state index is 0.309. The Bertz CT molecular complexity index is 945. The number of carbonyl (C=O) groups is 1. The minimum atomic E-state index is -0.309. The summed E-state index contributed by atoms with van der Waals surface area (Å²) in [6.45, 7) is 4.34. The van der Waals surface area contributed by atoms with Gasteiger partial charge in [-0.3, -0.25) is 4.79 Å². The summed E-state index contributed by atoms with van der Waals surface area (Å²) in [5.41, 5.74) is 2.77. The Morgan fingerprint density at radius 3 is 2.56 bits per heavy atom. The molecular formula is C20H19ClN4O2. The Morgan fingerprint density at radius 2 is 1.85 bits per heavy atom. The monoisotopic (exact) mass is 382 g/mol. The van der Waals surface area contributed by atoms with Gasteiger partial charge in [-0.25, -0.2) is 9.97 Å². The summed E-state index contributed by atoms with van der Waals surface area (Å²) in [4.78, 5) is 20.9. The summed E-state index contributed by atoms with van der Waals surface area (Å²) < 4.78 is 5.51. The van der Waals surface area contributed by atoms with E-state index >= 15 is 0 Å². The average Bonchev–Trinajstić information content (AvgIpc) is 2.66. The number of para-hydroxylation sites is 2. The molecule has 0 aliphatic carbocycles. The van der Waals surface area contributed by atoms with Gasteiger partial charge in [0.1, 0.15) is 5.75 Å². The van der Waals surface area contributed by atoms with Crippen LogP contribution < -0.4 is 15.4 Å². The number of nitrogens with zero attached hydrogens (tertiary/aromatic N) is 2. The van der Waals surface area contributed by atoms with Crippen LogP contribution in [0.25, 0.3) is 0 Å². The molecule has 3 aromatic rings. The second kappa shape index (κ2) is 8.51. The lowest BCUT2D eigenvalue weighted by molar-refractivity contribution is 0.102. The standard InChI is InChI=1S/C20H19ClN4O2/c1-3-27-18-7-5-4-6-17(18)24-19(26)14-11-22-20(23-12-14)25-16-9-8-15(21)10-13(16)2/h4-12H,3H2,1-2H3,(H,24,26)(H,22,23,25). The molecule has 0 aliphatic heterocycles. The van der Waals surface area contributed by atoms with Crippen LogP contribution in [-0.2, 0) is 0 Å². The second-order valence-electron chi connectivity index (χ2n) is 5.76. The van der Waals surface area contributed by atoms with Crippen molar-refractivity contribution in [3.05, 3.63) is 71.0 Å². The number of ether oxygens (including phenoxy) is 1. The lowest BCUT2D eigenvalue weighted by Crippen LogP contribution is -2.14. The van der Waals surface area contributed by atoms with Crippen LogP contribution in [0, 0.1) is 6.92 Å². The van der Waals surface area contributed by atoms with E-state index in [0.717, 1.165) is 11.3 Å². The van der Waals surface area contributed by atoms with Crippen molar-refractivity contribution < 1.29 is 9.53 Å². The Hall–Kier alpha value is -3.12. The number of aromatic nitrogens is 2. The zero-order valence-electron chi connectivity index (χ0n) is 15.0. The van der Waals surface area contributed by atoms with Crippen LogP contribution in [-0.4, -0.2) is 22.5 Å². The Balaban J connectivity index is 1.70. The van der Waals surface area contributed by atoms with Crippen LogP contribution in [0.5, 0.6) is 5.75 Å². The number of carbonyl (C=O) groups excluding carboxylic acids is 1. The van der Waals surface area contributed by atoms with E-state index in [1.807, 2.05) is 38.1 Å². The number of amides is 1. The van der Waals surface area contributed by atoms with E-state index in [1.165, 1.54) is 12.4 Å². The number of nitrogens with one attached hydrogen (secondary N) is 2. The minimum Gasteiger partial charge on any atom is -0.492 e. The first-order valence-corrected chi connectivity index (χ1v) is 8.83. The molecule has 2 N–H and O–H groups in total. The molecule has 27 heavy (non-hydrogen) atoms. The molecule has 1 aromatic heterocycles. The van der Waals surface area contributed by atoms with E-state index in [1.54, 1.807) is 18.2 Å². The predicted octanol–water partition coefficient (Wildman–Crippen LogP) is 4.83. The first-order valence-electron chi connectivity index (χ1n) is 8.45. The van der Waals surface area contributed by atoms with E-state index < -0.39 is 0 Å². The molecule has 0 unspecified atom stereocenters. The molecule has 138 valence electrons. The molecule has 2 aromatic carbocycles. The number of hydrogen-bond acceptors (Lipinski definition) is 5. The van der Waals surface area contributed by atoms with Crippen LogP contribution in [0.15, 0.2) is 54.9 Å². The third-order valence-electron chi connectivity index (χ3n) is 3.78. The average molecular weight is 383 g/mol. The lowest BCUT2D eigenvalue weighted by Gasteiger charge is -2.11. The quantitative estimate of drug-likeness (QED) is 0.638. The zero-order chi connectivity index (χ0) is 19.2. The van der Waals surface area contributed by atoms with Gasteiger partial charge in [-0.15, -0.1) is 0 Å². The maximum Gasteiger partial charge on any atom is 0.258 e. The number of rotatable bonds is 6. The van der Waals surface area contributed by atoms with Crippen LogP contribution in [0.2, 0.25) is 5.02 Å². The summed E-state index contributed by atoms with van der Waals surface area (Å²) in [6.07, 6.45) is 2.94. The molecule has 1 heterocycles. The number of benzene rings is 2. The molecule has 3 rings (SSSR count). The van der Waals surface area contributed by atoms with Crippen molar-refractivity contribution in [3.63, 3.8) is 0 Å². The number of anilines is 3. The molecule has 0 spiro atoms. The van der Waals surface area contributed by atoms with Gasteiger partial charge in [0.2, 0.25) is 5.95 Å². The molecule has 0 saturated heterocycles.